The van der Waals surface area contributed by atoms with Crippen LogP contribution in [0.1, 0.15) is 10.4 Å². The van der Waals surface area contributed by atoms with Gasteiger partial charge in [-0.2, -0.15) is 0 Å². The first-order valence-corrected chi connectivity index (χ1v) is 5.39. The second-order valence-electron chi connectivity index (χ2n) is 4.04. The summed E-state index contributed by atoms with van der Waals surface area (Å²) in [5.74, 6) is 0.0586. The van der Waals surface area contributed by atoms with Gasteiger partial charge in [0.15, 0.2) is 6.29 Å². The van der Waals surface area contributed by atoms with Gasteiger partial charge in [0.05, 0.1) is 5.56 Å². The van der Waals surface area contributed by atoms with Crippen LogP contribution >= 0.6 is 0 Å². The number of fused-ring (bicyclic) bond motifs is 2. The van der Waals surface area contributed by atoms with Crippen molar-refractivity contribution in [3.05, 3.63) is 54.1 Å². The number of rotatable bonds is 1. The van der Waals surface area contributed by atoms with E-state index < -0.39 is 0 Å². The fourth-order valence-electron chi connectivity index (χ4n) is 2.11. The van der Waals surface area contributed by atoms with Gasteiger partial charge in [0.1, 0.15) is 5.75 Å². The number of carbonyl (C=O) groups excluding carboxylic acids is 1. The average Bonchev–Trinajstić information content (AvgIpc) is 2.37. The summed E-state index contributed by atoms with van der Waals surface area (Å²) < 4.78 is 0. The van der Waals surface area contributed by atoms with Crippen molar-refractivity contribution < 1.29 is 9.90 Å². The maximum absolute atomic E-state index is 10.8. The van der Waals surface area contributed by atoms with Gasteiger partial charge in [-0.25, -0.2) is 0 Å². The Morgan fingerprint density at radius 3 is 2.29 bits per heavy atom. The molecule has 0 fully saturated rings. The minimum absolute atomic E-state index is 0.0586. The zero-order chi connectivity index (χ0) is 11.8. The molecule has 0 aliphatic carbocycles. The van der Waals surface area contributed by atoms with E-state index in [1.807, 2.05) is 42.5 Å². The predicted octanol–water partition coefficient (Wildman–Crippen LogP) is 3.51. The SMILES string of the molecule is O=Cc1ccc2cc3ccccc3cc2c1O. The molecule has 3 rings (SSSR count). The van der Waals surface area contributed by atoms with Gasteiger partial charge < -0.3 is 5.11 Å². The Morgan fingerprint density at radius 2 is 1.59 bits per heavy atom. The minimum Gasteiger partial charge on any atom is -0.507 e. The largest absolute Gasteiger partial charge is 0.507 e. The van der Waals surface area contributed by atoms with Crippen LogP contribution in [0.3, 0.4) is 0 Å². The molecule has 3 aromatic rings. The van der Waals surface area contributed by atoms with Crippen LogP contribution in [0.25, 0.3) is 21.5 Å². The Morgan fingerprint density at radius 1 is 0.882 bits per heavy atom. The van der Waals surface area contributed by atoms with Crippen LogP contribution in [0.15, 0.2) is 48.5 Å². The van der Waals surface area contributed by atoms with E-state index in [0.717, 1.165) is 16.2 Å². The summed E-state index contributed by atoms with van der Waals surface area (Å²) in [6.07, 6.45) is 0.671. The highest BCUT2D eigenvalue weighted by molar-refractivity contribution is 6.03. The Labute approximate surface area is 98.1 Å². The quantitative estimate of drug-likeness (QED) is 0.505. The lowest BCUT2D eigenvalue weighted by Gasteiger charge is -2.05. The zero-order valence-electron chi connectivity index (χ0n) is 9.05. The van der Waals surface area contributed by atoms with Gasteiger partial charge in [-0.15, -0.1) is 0 Å². The molecule has 2 nitrogen and oxygen atoms in total. The normalized spacial score (nSPS) is 10.8. The van der Waals surface area contributed by atoms with Gasteiger partial charge >= 0.3 is 0 Å². The van der Waals surface area contributed by atoms with Crippen LogP contribution in [0.4, 0.5) is 0 Å². The van der Waals surface area contributed by atoms with Crippen molar-refractivity contribution in [2.75, 3.05) is 0 Å². The minimum atomic E-state index is 0.0586. The van der Waals surface area contributed by atoms with Gasteiger partial charge in [-0.3, -0.25) is 4.79 Å². The summed E-state index contributed by atoms with van der Waals surface area (Å²) in [6, 6.07) is 15.4. The van der Waals surface area contributed by atoms with Crippen molar-refractivity contribution in [1.29, 1.82) is 0 Å². The summed E-state index contributed by atoms with van der Waals surface area (Å²) in [5.41, 5.74) is 0.327. The third-order valence-electron chi connectivity index (χ3n) is 3.02. The summed E-state index contributed by atoms with van der Waals surface area (Å²) in [7, 11) is 0. The Bertz CT molecular complexity index is 729. The van der Waals surface area contributed by atoms with Crippen molar-refractivity contribution in [3.63, 3.8) is 0 Å². The maximum atomic E-state index is 10.8. The number of aldehydes is 1. The highest BCUT2D eigenvalue weighted by Crippen LogP contribution is 2.31. The van der Waals surface area contributed by atoms with Gasteiger partial charge in [0.25, 0.3) is 0 Å². The highest BCUT2D eigenvalue weighted by atomic mass is 16.3. The summed E-state index contributed by atoms with van der Waals surface area (Å²) in [4.78, 5) is 10.8. The molecule has 0 unspecified atom stereocenters. The van der Waals surface area contributed by atoms with Crippen LogP contribution in [-0.4, -0.2) is 11.4 Å². The number of phenols is 1. The van der Waals surface area contributed by atoms with Gasteiger partial charge in [-0.05, 0) is 34.4 Å². The van der Waals surface area contributed by atoms with Crippen LogP contribution in [0, 0.1) is 0 Å². The molecule has 0 spiro atoms. The van der Waals surface area contributed by atoms with Crippen LogP contribution < -0.4 is 0 Å². The molecule has 82 valence electrons. The molecule has 0 bridgehead atoms. The van der Waals surface area contributed by atoms with E-state index in [1.54, 1.807) is 6.07 Å². The molecule has 0 radical (unpaired) electrons. The Kier molecular flexibility index (Phi) is 2.08. The van der Waals surface area contributed by atoms with E-state index in [0.29, 0.717) is 17.2 Å². The molecule has 0 aliphatic rings. The van der Waals surface area contributed by atoms with Crippen LogP contribution in [-0.2, 0) is 0 Å². The van der Waals surface area contributed by atoms with Crippen molar-refractivity contribution >= 4 is 27.8 Å². The topological polar surface area (TPSA) is 37.3 Å². The first-order valence-electron chi connectivity index (χ1n) is 5.39. The fourth-order valence-corrected chi connectivity index (χ4v) is 2.11. The van der Waals surface area contributed by atoms with Gasteiger partial charge in [0, 0.05) is 5.39 Å². The molecule has 0 atom stereocenters. The Hall–Kier alpha value is -2.35. The molecule has 0 saturated carbocycles. The smallest absolute Gasteiger partial charge is 0.153 e. The molecule has 3 aromatic carbocycles. The maximum Gasteiger partial charge on any atom is 0.153 e. The molecule has 0 aliphatic heterocycles. The standard InChI is InChI=1S/C15H10O2/c16-9-13-6-5-12-7-10-3-1-2-4-11(10)8-14(12)15(13)17/h1-9,17H. The van der Waals surface area contributed by atoms with E-state index in [1.165, 1.54) is 0 Å². The predicted molar refractivity (Wildman–Crippen MR) is 68.5 cm³/mol. The van der Waals surface area contributed by atoms with E-state index >= 15 is 0 Å². The number of hydrogen-bond acceptors (Lipinski definition) is 2. The van der Waals surface area contributed by atoms with Crippen LogP contribution in [0.5, 0.6) is 5.75 Å². The molecule has 2 heteroatoms. The van der Waals surface area contributed by atoms with Gasteiger partial charge in [0.2, 0.25) is 0 Å². The van der Waals surface area contributed by atoms with Crippen molar-refractivity contribution in [2.45, 2.75) is 0 Å². The first kappa shape index (κ1) is 9.85. The average molecular weight is 222 g/mol. The lowest BCUT2D eigenvalue weighted by atomic mass is 10.0. The second kappa shape index (κ2) is 3.59. The monoisotopic (exact) mass is 222 g/mol. The van der Waals surface area contributed by atoms with Crippen molar-refractivity contribution in [2.24, 2.45) is 0 Å². The van der Waals surface area contributed by atoms with Crippen molar-refractivity contribution in [1.82, 2.24) is 0 Å². The molecule has 1 N–H and O–H groups in total. The van der Waals surface area contributed by atoms with E-state index in [2.05, 4.69) is 0 Å². The molecule has 0 heterocycles. The molecular formula is C15H10O2. The highest BCUT2D eigenvalue weighted by Gasteiger charge is 2.06. The van der Waals surface area contributed by atoms with Gasteiger partial charge in [-0.1, -0.05) is 30.3 Å². The molecule has 0 saturated heterocycles. The summed E-state index contributed by atoms with van der Waals surface area (Å²) in [5, 5.41) is 13.8. The lowest BCUT2D eigenvalue weighted by molar-refractivity contribution is 0.112. The first-order chi connectivity index (χ1) is 8.29. The number of carbonyl (C=O) groups is 1. The van der Waals surface area contributed by atoms with E-state index in [9.17, 15) is 9.90 Å². The second-order valence-corrected chi connectivity index (χ2v) is 4.04. The Balaban J connectivity index is 2.48. The third kappa shape index (κ3) is 1.46. The number of phenolic OH excluding ortho intramolecular Hbond substituents is 1. The molecular weight excluding hydrogens is 212 g/mol. The number of aromatic hydroxyl groups is 1. The van der Waals surface area contributed by atoms with E-state index in [4.69, 9.17) is 0 Å². The molecule has 17 heavy (non-hydrogen) atoms. The summed E-state index contributed by atoms with van der Waals surface area (Å²) in [6.45, 7) is 0. The number of hydrogen-bond donors (Lipinski definition) is 1. The third-order valence-corrected chi connectivity index (χ3v) is 3.02. The lowest BCUT2D eigenvalue weighted by Crippen LogP contribution is -1.83. The fraction of sp³-hybridized carbons (Fsp3) is 0. The van der Waals surface area contributed by atoms with E-state index in [-0.39, 0.29) is 5.75 Å². The molecule has 0 aromatic heterocycles. The molecule has 0 amide bonds. The number of benzene rings is 3. The van der Waals surface area contributed by atoms with Crippen molar-refractivity contribution in [3.8, 4) is 5.75 Å². The zero-order valence-corrected chi connectivity index (χ0v) is 9.05. The van der Waals surface area contributed by atoms with Crippen LogP contribution in [0.2, 0.25) is 0 Å². The summed E-state index contributed by atoms with van der Waals surface area (Å²) >= 11 is 0.